The van der Waals surface area contributed by atoms with E-state index in [1.165, 1.54) is 24.0 Å². The summed E-state index contributed by atoms with van der Waals surface area (Å²) in [6.45, 7) is 5.72. The van der Waals surface area contributed by atoms with Gasteiger partial charge in [0.15, 0.2) is 0 Å². The largest absolute Gasteiger partial charge is 0.496 e. The molecule has 0 aromatic heterocycles. The van der Waals surface area contributed by atoms with E-state index in [0.29, 0.717) is 18.4 Å². The molecule has 1 saturated carbocycles. The lowest BCUT2D eigenvalue weighted by Crippen LogP contribution is -2.44. The molecule has 0 saturated heterocycles. The number of amides is 1. The molecule has 0 atom stereocenters. The molecule has 1 amide bonds. The van der Waals surface area contributed by atoms with Gasteiger partial charge >= 0.3 is 0 Å². The van der Waals surface area contributed by atoms with E-state index in [1.54, 1.807) is 7.11 Å². The SMILES string of the molecule is COc1cccc2c1CN(C(=O)C(C)(C)C1CC1)CC2. The fourth-order valence-electron chi connectivity index (χ4n) is 3.30. The summed E-state index contributed by atoms with van der Waals surface area (Å²) >= 11 is 0. The Kier molecular flexibility index (Phi) is 3.23. The Labute approximate surface area is 120 Å². The number of methoxy groups -OCH3 is 1. The summed E-state index contributed by atoms with van der Waals surface area (Å²) in [4.78, 5) is 14.8. The van der Waals surface area contributed by atoms with Crippen molar-refractivity contribution in [3.8, 4) is 5.75 Å². The van der Waals surface area contributed by atoms with Crippen LogP contribution in [-0.4, -0.2) is 24.5 Å². The molecular weight excluding hydrogens is 250 g/mol. The van der Waals surface area contributed by atoms with Gasteiger partial charge in [-0.3, -0.25) is 4.79 Å². The third-order valence-corrected chi connectivity index (χ3v) is 4.89. The monoisotopic (exact) mass is 273 g/mol. The van der Waals surface area contributed by atoms with Crippen molar-refractivity contribution in [2.24, 2.45) is 11.3 Å². The summed E-state index contributed by atoms with van der Waals surface area (Å²) < 4.78 is 5.45. The zero-order chi connectivity index (χ0) is 14.3. The number of carbonyl (C=O) groups is 1. The first-order valence-electron chi connectivity index (χ1n) is 7.48. The molecule has 1 aromatic carbocycles. The molecule has 0 N–H and O–H groups in total. The van der Waals surface area contributed by atoms with Crippen molar-refractivity contribution < 1.29 is 9.53 Å². The molecule has 0 unspecified atom stereocenters. The summed E-state index contributed by atoms with van der Waals surface area (Å²) in [5.74, 6) is 1.79. The van der Waals surface area contributed by atoms with Crippen molar-refractivity contribution in [1.29, 1.82) is 0 Å². The molecule has 3 rings (SSSR count). The van der Waals surface area contributed by atoms with E-state index >= 15 is 0 Å². The number of nitrogens with zero attached hydrogens (tertiary/aromatic N) is 1. The van der Waals surface area contributed by atoms with E-state index in [9.17, 15) is 4.79 Å². The van der Waals surface area contributed by atoms with Gasteiger partial charge in [-0.15, -0.1) is 0 Å². The van der Waals surface area contributed by atoms with Crippen LogP contribution in [0.3, 0.4) is 0 Å². The third kappa shape index (κ3) is 2.19. The van der Waals surface area contributed by atoms with Crippen LogP contribution in [-0.2, 0) is 17.8 Å². The third-order valence-electron chi connectivity index (χ3n) is 4.89. The highest BCUT2D eigenvalue weighted by atomic mass is 16.5. The number of hydrogen-bond donors (Lipinski definition) is 0. The summed E-state index contributed by atoms with van der Waals surface area (Å²) in [6.07, 6.45) is 3.33. The lowest BCUT2D eigenvalue weighted by molar-refractivity contribution is -0.142. The van der Waals surface area contributed by atoms with E-state index in [2.05, 4.69) is 19.9 Å². The van der Waals surface area contributed by atoms with Crippen LogP contribution in [0.4, 0.5) is 0 Å². The van der Waals surface area contributed by atoms with Crippen molar-refractivity contribution in [1.82, 2.24) is 4.90 Å². The highest BCUT2D eigenvalue weighted by Crippen LogP contribution is 2.46. The highest BCUT2D eigenvalue weighted by molar-refractivity contribution is 5.83. The van der Waals surface area contributed by atoms with Crippen LogP contribution in [0, 0.1) is 11.3 Å². The van der Waals surface area contributed by atoms with Gasteiger partial charge in [0.1, 0.15) is 5.75 Å². The Morgan fingerprint density at radius 2 is 2.10 bits per heavy atom. The van der Waals surface area contributed by atoms with Crippen LogP contribution in [0.5, 0.6) is 5.75 Å². The maximum absolute atomic E-state index is 12.8. The lowest BCUT2D eigenvalue weighted by atomic mass is 9.84. The van der Waals surface area contributed by atoms with Gasteiger partial charge in [0, 0.05) is 24.1 Å². The molecule has 1 heterocycles. The average molecular weight is 273 g/mol. The molecule has 1 aliphatic carbocycles. The molecule has 0 bridgehead atoms. The van der Waals surface area contributed by atoms with E-state index in [4.69, 9.17) is 4.74 Å². The maximum Gasteiger partial charge on any atom is 0.228 e. The molecule has 1 fully saturated rings. The zero-order valence-corrected chi connectivity index (χ0v) is 12.6. The molecule has 1 aromatic rings. The minimum Gasteiger partial charge on any atom is -0.496 e. The van der Waals surface area contributed by atoms with Crippen LogP contribution in [0.2, 0.25) is 0 Å². The number of hydrogen-bond acceptors (Lipinski definition) is 2. The molecule has 0 radical (unpaired) electrons. The fourth-order valence-corrected chi connectivity index (χ4v) is 3.30. The quantitative estimate of drug-likeness (QED) is 0.847. The van der Waals surface area contributed by atoms with Crippen LogP contribution >= 0.6 is 0 Å². The summed E-state index contributed by atoms with van der Waals surface area (Å²) in [5, 5.41) is 0. The number of rotatable bonds is 3. The standard InChI is InChI=1S/C17H23NO2/c1-17(2,13-7-8-13)16(19)18-10-9-12-5-4-6-15(20-3)14(12)11-18/h4-6,13H,7-11H2,1-3H3. The first-order chi connectivity index (χ1) is 9.54. The second kappa shape index (κ2) is 4.80. The summed E-state index contributed by atoms with van der Waals surface area (Å²) in [5.41, 5.74) is 2.29. The van der Waals surface area contributed by atoms with Gasteiger partial charge in [0.25, 0.3) is 0 Å². The van der Waals surface area contributed by atoms with Crippen molar-refractivity contribution in [3.05, 3.63) is 29.3 Å². The lowest BCUT2D eigenvalue weighted by Gasteiger charge is -2.36. The van der Waals surface area contributed by atoms with Crippen LogP contribution in [0.25, 0.3) is 0 Å². The second-order valence-electron chi connectivity index (χ2n) is 6.57. The predicted octanol–water partition coefficient (Wildman–Crippen LogP) is 3.02. The first kappa shape index (κ1) is 13.5. The number of ether oxygens (including phenoxy) is 1. The molecule has 3 nitrogen and oxygen atoms in total. The Morgan fingerprint density at radius 1 is 1.35 bits per heavy atom. The van der Waals surface area contributed by atoms with Gasteiger partial charge < -0.3 is 9.64 Å². The number of fused-ring (bicyclic) bond motifs is 1. The van der Waals surface area contributed by atoms with Crippen molar-refractivity contribution >= 4 is 5.91 Å². The molecule has 1 aliphatic heterocycles. The summed E-state index contributed by atoms with van der Waals surface area (Å²) in [7, 11) is 1.70. The van der Waals surface area contributed by atoms with Crippen LogP contribution in [0.15, 0.2) is 18.2 Å². The molecule has 108 valence electrons. The van der Waals surface area contributed by atoms with Gasteiger partial charge in [-0.2, -0.15) is 0 Å². The van der Waals surface area contributed by atoms with Gasteiger partial charge in [-0.25, -0.2) is 0 Å². The van der Waals surface area contributed by atoms with E-state index < -0.39 is 0 Å². The normalized spacial score (nSPS) is 18.6. The Balaban J connectivity index is 1.83. The van der Waals surface area contributed by atoms with Crippen molar-refractivity contribution in [2.75, 3.05) is 13.7 Å². The van der Waals surface area contributed by atoms with Crippen LogP contribution < -0.4 is 4.74 Å². The van der Waals surface area contributed by atoms with Gasteiger partial charge in [0.05, 0.1) is 7.11 Å². The van der Waals surface area contributed by atoms with Gasteiger partial charge in [0.2, 0.25) is 5.91 Å². The topological polar surface area (TPSA) is 29.5 Å². The van der Waals surface area contributed by atoms with E-state index in [-0.39, 0.29) is 5.41 Å². The van der Waals surface area contributed by atoms with E-state index in [0.717, 1.165) is 18.7 Å². The Hall–Kier alpha value is -1.51. The molecular formula is C17H23NO2. The minimum atomic E-state index is -0.209. The smallest absolute Gasteiger partial charge is 0.228 e. The van der Waals surface area contributed by atoms with Crippen molar-refractivity contribution in [2.45, 2.75) is 39.7 Å². The molecule has 0 spiro atoms. The summed E-state index contributed by atoms with van der Waals surface area (Å²) in [6, 6.07) is 6.16. The number of carbonyl (C=O) groups excluding carboxylic acids is 1. The minimum absolute atomic E-state index is 0.209. The molecule has 3 heteroatoms. The average Bonchev–Trinajstić information content (AvgIpc) is 3.30. The second-order valence-corrected chi connectivity index (χ2v) is 6.57. The van der Waals surface area contributed by atoms with E-state index in [1.807, 2.05) is 17.0 Å². The molecule has 20 heavy (non-hydrogen) atoms. The number of benzene rings is 1. The Morgan fingerprint density at radius 3 is 2.75 bits per heavy atom. The molecule has 2 aliphatic rings. The zero-order valence-electron chi connectivity index (χ0n) is 12.6. The maximum atomic E-state index is 12.8. The predicted molar refractivity (Wildman–Crippen MR) is 78.6 cm³/mol. The Bertz CT molecular complexity index is 518. The van der Waals surface area contributed by atoms with Crippen LogP contribution in [0.1, 0.15) is 37.8 Å². The first-order valence-corrected chi connectivity index (χ1v) is 7.48. The fraction of sp³-hybridized carbons (Fsp3) is 0.588. The highest BCUT2D eigenvalue weighted by Gasteiger charge is 2.45. The van der Waals surface area contributed by atoms with Gasteiger partial charge in [-0.05, 0) is 36.8 Å². The van der Waals surface area contributed by atoms with Gasteiger partial charge in [-0.1, -0.05) is 26.0 Å². The van der Waals surface area contributed by atoms with Crippen molar-refractivity contribution in [3.63, 3.8) is 0 Å².